The summed E-state index contributed by atoms with van der Waals surface area (Å²) in [6.07, 6.45) is 2.44. The Morgan fingerprint density at radius 3 is 2.83 bits per heavy atom. The van der Waals surface area contributed by atoms with E-state index in [0.717, 1.165) is 16.9 Å². The summed E-state index contributed by atoms with van der Waals surface area (Å²) in [7, 11) is 0. The van der Waals surface area contributed by atoms with Crippen molar-refractivity contribution in [2.45, 2.75) is 30.7 Å². The lowest BCUT2D eigenvalue weighted by Crippen LogP contribution is -2.24. The largest absolute Gasteiger partial charge is 0.494 e. The Bertz CT molecular complexity index is 987. The Morgan fingerprint density at radius 1 is 1.24 bits per heavy atom. The van der Waals surface area contributed by atoms with Crippen LogP contribution in [0.3, 0.4) is 0 Å². The van der Waals surface area contributed by atoms with Crippen molar-refractivity contribution in [3.05, 3.63) is 60.0 Å². The van der Waals surface area contributed by atoms with Gasteiger partial charge in [-0.15, -0.1) is 11.8 Å². The van der Waals surface area contributed by atoms with E-state index in [1.165, 1.54) is 4.90 Å². The van der Waals surface area contributed by atoms with Gasteiger partial charge in [-0.2, -0.15) is 4.98 Å². The van der Waals surface area contributed by atoms with E-state index in [4.69, 9.17) is 9.26 Å². The van der Waals surface area contributed by atoms with Gasteiger partial charge in [-0.3, -0.25) is 4.79 Å². The van der Waals surface area contributed by atoms with Gasteiger partial charge in [-0.1, -0.05) is 29.4 Å². The van der Waals surface area contributed by atoms with Crippen molar-refractivity contribution >= 4 is 17.7 Å². The zero-order valence-electron chi connectivity index (χ0n) is 16.5. The van der Waals surface area contributed by atoms with E-state index in [2.05, 4.69) is 40.7 Å². The average Bonchev–Trinajstić information content (AvgIpc) is 3.37. The first-order valence-electron chi connectivity index (χ1n) is 9.63. The molecule has 1 unspecified atom stereocenters. The lowest BCUT2D eigenvalue weighted by Gasteiger charge is -2.16. The molecule has 0 radical (unpaired) electrons. The quantitative estimate of drug-likeness (QED) is 0.540. The third kappa shape index (κ3) is 4.45. The predicted octanol–water partition coefficient (Wildman–Crippen LogP) is 4.37. The molecule has 29 heavy (non-hydrogen) atoms. The Balaban J connectivity index is 1.44. The maximum atomic E-state index is 12.5. The number of aromatic nitrogens is 2. The van der Waals surface area contributed by atoms with Crippen LogP contribution in [0.1, 0.15) is 30.7 Å². The van der Waals surface area contributed by atoms with Crippen molar-refractivity contribution in [3.63, 3.8) is 0 Å². The molecule has 150 valence electrons. The number of thioether (sulfide) groups is 1. The molecule has 2 heterocycles. The number of amides is 1. The maximum Gasteiger partial charge on any atom is 0.232 e. The number of carbonyl (C=O) groups is 1. The van der Waals surface area contributed by atoms with Crippen LogP contribution in [-0.2, 0) is 11.3 Å². The molecule has 0 aliphatic carbocycles. The van der Waals surface area contributed by atoms with Gasteiger partial charge >= 0.3 is 0 Å². The Kier molecular flexibility index (Phi) is 5.85. The van der Waals surface area contributed by atoms with Crippen molar-refractivity contribution in [2.24, 2.45) is 0 Å². The van der Waals surface area contributed by atoms with E-state index in [1.807, 2.05) is 36.1 Å². The molecule has 0 bridgehead atoms. The molecule has 1 saturated heterocycles. The van der Waals surface area contributed by atoms with Crippen molar-refractivity contribution in [1.82, 2.24) is 15.0 Å². The van der Waals surface area contributed by atoms with Crippen molar-refractivity contribution in [2.75, 3.05) is 19.4 Å². The van der Waals surface area contributed by atoms with Crippen LogP contribution in [-0.4, -0.2) is 40.4 Å². The van der Waals surface area contributed by atoms with Crippen LogP contribution < -0.4 is 4.74 Å². The minimum Gasteiger partial charge on any atom is -0.494 e. The molecule has 0 N–H and O–H groups in total. The number of likely N-dealkylation sites (tertiary alicyclic amines) is 1. The SMILES string of the molecule is CCOc1cccc(-c2noc(C3CC(=O)N(Cc4ccc(SC)cc4)C3)n2)c1. The van der Waals surface area contributed by atoms with Crippen molar-refractivity contribution < 1.29 is 14.1 Å². The zero-order valence-corrected chi connectivity index (χ0v) is 17.3. The van der Waals surface area contributed by atoms with Gasteiger partial charge in [-0.25, -0.2) is 0 Å². The van der Waals surface area contributed by atoms with Gasteiger partial charge < -0.3 is 14.2 Å². The first-order valence-corrected chi connectivity index (χ1v) is 10.9. The van der Waals surface area contributed by atoms with Gasteiger partial charge in [0.15, 0.2) is 0 Å². The number of rotatable bonds is 7. The van der Waals surface area contributed by atoms with E-state index in [1.54, 1.807) is 11.8 Å². The molecule has 1 fully saturated rings. The van der Waals surface area contributed by atoms with Crippen LogP contribution in [0, 0.1) is 0 Å². The van der Waals surface area contributed by atoms with Gasteiger partial charge in [0.2, 0.25) is 17.6 Å². The molecule has 1 aliphatic heterocycles. The van der Waals surface area contributed by atoms with Gasteiger partial charge in [0, 0.05) is 30.0 Å². The molecule has 0 spiro atoms. The highest BCUT2D eigenvalue weighted by molar-refractivity contribution is 7.98. The first kappa shape index (κ1) is 19.5. The van der Waals surface area contributed by atoms with Crippen LogP contribution >= 0.6 is 11.8 Å². The van der Waals surface area contributed by atoms with Crippen molar-refractivity contribution in [1.29, 1.82) is 0 Å². The van der Waals surface area contributed by atoms with E-state index < -0.39 is 0 Å². The van der Waals surface area contributed by atoms with Crippen LogP contribution in [0.15, 0.2) is 57.9 Å². The van der Waals surface area contributed by atoms with Gasteiger partial charge in [0.1, 0.15) is 5.75 Å². The van der Waals surface area contributed by atoms with E-state index in [-0.39, 0.29) is 11.8 Å². The molecule has 1 aromatic heterocycles. The molecule has 6 nitrogen and oxygen atoms in total. The summed E-state index contributed by atoms with van der Waals surface area (Å²) < 4.78 is 11.0. The number of nitrogens with zero attached hydrogens (tertiary/aromatic N) is 3. The third-order valence-corrected chi connectivity index (χ3v) is 5.68. The number of hydrogen-bond acceptors (Lipinski definition) is 6. The summed E-state index contributed by atoms with van der Waals surface area (Å²) in [6.45, 7) is 3.73. The topological polar surface area (TPSA) is 68.5 Å². The molecular weight excluding hydrogens is 386 g/mol. The summed E-state index contributed by atoms with van der Waals surface area (Å²) in [4.78, 5) is 20.1. The zero-order chi connectivity index (χ0) is 20.2. The fraction of sp³-hybridized carbons (Fsp3) is 0.318. The maximum absolute atomic E-state index is 12.5. The van der Waals surface area contributed by atoms with Crippen LogP contribution in [0.2, 0.25) is 0 Å². The minimum absolute atomic E-state index is 0.0794. The van der Waals surface area contributed by atoms with Gasteiger partial charge in [0.25, 0.3) is 0 Å². The predicted molar refractivity (Wildman–Crippen MR) is 112 cm³/mol. The molecule has 3 aromatic rings. The summed E-state index contributed by atoms with van der Waals surface area (Å²) in [5.41, 5.74) is 1.96. The summed E-state index contributed by atoms with van der Waals surface area (Å²) in [5, 5.41) is 4.11. The second-order valence-corrected chi connectivity index (χ2v) is 7.82. The molecule has 1 atom stereocenters. The molecule has 0 saturated carbocycles. The molecule has 7 heteroatoms. The molecule has 4 rings (SSSR count). The number of hydrogen-bond donors (Lipinski definition) is 0. The van der Waals surface area contributed by atoms with E-state index >= 15 is 0 Å². The monoisotopic (exact) mass is 409 g/mol. The Hall–Kier alpha value is -2.80. The first-order chi connectivity index (χ1) is 14.2. The van der Waals surface area contributed by atoms with Crippen LogP contribution in [0.4, 0.5) is 0 Å². The summed E-state index contributed by atoms with van der Waals surface area (Å²) in [6, 6.07) is 15.9. The highest BCUT2D eigenvalue weighted by atomic mass is 32.2. The van der Waals surface area contributed by atoms with Crippen LogP contribution in [0.5, 0.6) is 5.75 Å². The Morgan fingerprint density at radius 2 is 2.07 bits per heavy atom. The van der Waals surface area contributed by atoms with E-state index in [9.17, 15) is 4.79 Å². The average molecular weight is 410 g/mol. The highest BCUT2D eigenvalue weighted by Crippen LogP contribution is 2.30. The highest BCUT2D eigenvalue weighted by Gasteiger charge is 2.34. The smallest absolute Gasteiger partial charge is 0.232 e. The van der Waals surface area contributed by atoms with Gasteiger partial charge in [0.05, 0.1) is 12.5 Å². The van der Waals surface area contributed by atoms with Crippen LogP contribution in [0.25, 0.3) is 11.4 Å². The second-order valence-electron chi connectivity index (χ2n) is 6.94. The molecule has 1 amide bonds. The second kappa shape index (κ2) is 8.69. The lowest BCUT2D eigenvalue weighted by molar-refractivity contribution is -0.128. The van der Waals surface area contributed by atoms with E-state index in [0.29, 0.717) is 37.8 Å². The number of carbonyl (C=O) groups excluding carboxylic acids is 1. The molecular formula is C22H23N3O3S. The molecule has 2 aromatic carbocycles. The Labute approximate surface area is 174 Å². The normalized spacial score (nSPS) is 16.4. The number of benzene rings is 2. The standard InChI is InChI=1S/C22H23N3O3S/c1-3-27-18-6-4-5-16(11-18)21-23-22(28-24-21)17-12-20(26)25(14-17)13-15-7-9-19(29-2)10-8-15/h4-11,17H,3,12-14H2,1-2H3. The number of ether oxygens (including phenoxy) is 1. The lowest BCUT2D eigenvalue weighted by atomic mass is 10.1. The third-order valence-electron chi connectivity index (χ3n) is 4.94. The molecule has 1 aliphatic rings. The van der Waals surface area contributed by atoms with Crippen molar-refractivity contribution in [3.8, 4) is 17.1 Å². The fourth-order valence-electron chi connectivity index (χ4n) is 3.45. The van der Waals surface area contributed by atoms with Gasteiger partial charge in [-0.05, 0) is 43.0 Å². The minimum atomic E-state index is -0.0794. The fourth-order valence-corrected chi connectivity index (χ4v) is 3.86. The summed E-state index contributed by atoms with van der Waals surface area (Å²) in [5.74, 6) is 1.83. The summed E-state index contributed by atoms with van der Waals surface area (Å²) >= 11 is 1.71.